The van der Waals surface area contributed by atoms with Crippen molar-refractivity contribution in [3.8, 4) is 167 Å². The van der Waals surface area contributed by atoms with Crippen molar-refractivity contribution in [3.05, 3.63) is 541 Å². The van der Waals surface area contributed by atoms with Gasteiger partial charge in [-0.25, -0.2) is 0 Å². The van der Waals surface area contributed by atoms with E-state index in [1.54, 1.807) is 0 Å². The van der Waals surface area contributed by atoms with Crippen LogP contribution in [0, 0.1) is 27.7 Å². The van der Waals surface area contributed by atoms with Gasteiger partial charge in [0.15, 0.2) is 0 Å². The summed E-state index contributed by atoms with van der Waals surface area (Å²) in [6, 6.07) is -76.2. The van der Waals surface area contributed by atoms with Crippen LogP contribution in [0.25, 0.3) is 233 Å². The summed E-state index contributed by atoms with van der Waals surface area (Å²) in [4.78, 5) is 0. The Labute approximate surface area is 927 Å². The fourth-order valence-electron chi connectivity index (χ4n) is 17.5. The Morgan fingerprint density at radius 2 is 0.543 bits per heavy atom. The third-order valence-electron chi connectivity index (χ3n) is 23.8. The molecule has 0 spiro atoms. The normalized spacial score (nSPS) is 20.1. The molecule has 26 rings (SSSR count). The molecule has 1 unspecified atom stereocenters. The summed E-state index contributed by atoms with van der Waals surface area (Å²) >= 11 is 0. The van der Waals surface area contributed by atoms with Gasteiger partial charge in [-0.05, 0) is 289 Å². The fraction of sp³-hybridized carbons (Fsp3) is 0.0365. The van der Waals surface area contributed by atoms with Crippen molar-refractivity contribution in [1.82, 2.24) is 9.13 Å². The first-order valence-corrected chi connectivity index (χ1v) is 42.2. The van der Waals surface area contributed by atoms with Crippen molar-refractivity contribution in [1.29, 1.82) is 0 Å². The quantitative estimate of drug-likeness (QED) is 0.0945. The van der Waals surface area contributed by atoms with Gasteiger partial charge in [0.05, 0.1) is 142 Å². The number of rotatable bonds is 16. The summed E-state index contributed by atoms with van der Waals surface area (Å²) < 4.78 is 740. The molecule has 0 N–H and O–H groups in total. The lowest BCUT2D eigenvalue weighted by Crippen LogP contribution is -2.07. The van der Waals surface area contributed by atoms with E-state index in [0.717, 1.165) is 33.4 Å². The lowest BCUT2D eigenvalue weighted by molar-refractivity contribution is 0.669. The number of aromatic nitrogens is 2. The highest BCUT2D eigenvalue weighted by atomic mass is 16.3. The zero-order chi connectivity index (χ0) is 162. The highest BCUT2D eigenvalue weighted by Gasteiger charge is 2.35. The van der Waals surface area contributed by atoms with Gasteiger partial charge in [0.1, 0.15) is 11.2 Å². The highest BCUT2D eigenvalue weighted by molar-refractivity contribution is 6.18. The van der Waals surface area contributed by atoms with E-state index >= 15 is 0 Å². The molecule has 22 aromatic carbocycles. The molecule has 3 aromatic heterocycles. The second kappa shape index (κ2) is 35.5. The molecule has 0 saturated carbocycles. The predicted molar refractivity (Wildman–Crippen MR) is 591 cm³/mol. The van der Waals surface area contributed by atoms with Gasteiger partial charge < -0.3 is 13.6 Å². The number of aryl methyl sites for hydroxylation is 2. The number of fused-ring (bicyclic) bond motifs is 12. The van der Waals surface area contributed by atoms with Crippen LogP contribution in [-0.4, -0.2) is 9.13 Å². The molecule has 1 aliphatic carbocycles. The standard InChI is InChI=1S/C81H57N.C56H39NO/c1-53-54(2)81-77(52-73(53)69-40-22-21-36-65(69)58-31-13-6-14-32-58)76-51-61(68-39-20-17-35-64(68)57-29-11-5-12-30-57)45-48-79(76)82(81)78-42-24-23-41-72(78)80-70-46-43-59(66-37-18-15-33-62(66)55-25-7-3-8-26-55)49-74(70)75-50-60(44-47-71(75)80)67-38-19-16-34-63(67)56-27-9-4-10-28-56;1-36-37(2)56-50(35-48(36)44-25-12-11-23-42(44)39-20-7-4-8-21-39)49-34-40(43-24-10-9-22-41(43)38-18-5-3-6-19-38)32-33-52(49)57(56)51-29-15-13-26-45(51)46-28-17-31-54-55(46)47-27-14-16-30-53(47)58-54/h3-52,80H,1-2H3;3-35H,1-2H3/i3D,4D,5D,6D,7D,8D,9D,10D,11D,12D,13D,14D,15D,16D,17D,18D,19D,20D,21D,22D,23D,24D,25D,26D,27D,28D,29D,30D,31D,32D,33D,35D,36D,37D,38D,39D,40D,41D,42D,44D,45D,47D,48D,50D,51D,52D;3D,4D,5D,6D,7D,8D,9D,10D,11D,12D,13D,14D,15D,16D,17D,18D,19D,20D,21D,22D,23D,24D,25D,26D,27D,28D,29D,30D,31D,32D,33D,34D,35D. The monoisotopic (exact) mass is 1860 g/mol. The Hall–Kier alpha value is -17.8. The van der Waals surface area contributed by atoms with Crippen molar-refractivity contribution in [2.75, 3.05) is 0 Å². The predicted octanol–water partition coefficient (Wildman–Crippen LogP) is 37.5. The van der Waals surface area contributed by atoms with Crippen molar-refractivity contribution in [2.45, 2.75) is 33.6 Å². The Balaban J connectivity index is 0.000000220. The van der Waals surface area contributed by atoms with E-state index in [1.165, 1.54) is 27.7 Å². The molecule has 0 amide bonds. The zero-order valence-corrected chi connectivity index (χ0v) is 72.2. The molecule has 1 aliphatic rings. The van der Waals surface area contributed by atoms with Crippen LogP contribution in [0.5, 0.6) is 0 Å². The smallest absolute Gasteiger partial charge is 0.136 e. The van der Waals surface area contributed by atoms with Gasteiger partial charge in [-0.3, -0.25) is 0 Å². The third-order valence-corrected chi connectivity index (χ3v) is 23.8. The summed E-state index contributed by atoms with van der Waals surface area (Å²) in [5, 5.41) is -4.07. The van der Waals surface area contributed by atoms with Crippen molar-refractivity contribution in [2.24, 2.45) is 0 Å². The van der Waals surface area contributed by atoms with Gasteiger partial charge in [0.25, 0.3) is 0 Å². The lowest BCUT2D eigenvalue weighted by Gasteiger charge is -2.22. The van der Waals surface area contributed by atoms with E-state index in [4.69, 9.17) is 64.7 Å². The zero-order valence-electron chi connectivity index (χ0n) is 151. The molecule has 0 bridgehead atoms. The number of hydrogen-bond donors (Lipinski definition) is 0. The molecule has 140 heavy (non-hydrogen) atoms. The van der Waals surface area contributed by atoms with Crippen molar-refractivity contribution in [3.63, 3.8) is 0 Å². The van der Waals surface area contributed by atoms with Gasteiger partial charge >= 0.3 is 0 Å². The van der Waals surface area contributed by atoms with Gasteiger partial charge in [-0.1, -0.05) is 429 Å². The fourth-order valence-corrected chi connectivity index (χ4v) is 17.5. The molecular formula is C137H96N2O. The summed E-state index contributed by atoms with van der Waals surface area (Å²) in [5.41, 5.74) is -29.9. The van der Waals surface area contributed by atoms with Gasteiger partial charge in [-0.2, -0.15) is 0 Å². The maximum absolute atomic E-state index is 10.9. The summed E-state index contributed by atoms with van der Waals surface area (Å²) in [6.45, 7) is 5.11. The van der Waals surface area contributed by atoms with Crippen LogP contribution in [0.15, 0.2) is 506 Å². The van der Waals surface area contributed by atoms with Gasteiger partial charge in [0.2, 0.25) is 0 Å². The molecule has 1 atom stereocenters. The molecule has 3 heterocycles. The minimum Gasteiger partial charge on any atom is -0.456 e. The maximum Gasteiger partial charge on any atom is 0.136 e. The second-order valence-corrected chi connectivity index (χ2v) is 31.2. The molecule has 660 valence electrons. The SMILES string of the molecule is [2H]c1c([2H])c([2H])c(-c2c([2H])c([2H])c([2H])c([2H])c2-c2c([2H])c([2H])c3c(c2[2H])c2c([2H])c(-c4c([2H])c([2H])c([2H])c([2H])c4-c4c([2H])c([2H])c([2H])c([2H])c4[2H])c(C)c(C)c2n3-c2c([2H])c([2H])c([2H])c([2H])c2-c2c([2H])c([2H])c([2H])c3oc4c([2H])c([2H])c([2H])c([2H])c4c23)c([2H])c1[2H].[2H]c1cc(-c2c([2H])c([2H])c([2H])c([2H])c2[2H])c(-c2c([2H])c([2H])c3c(c2[2H])-c2cc(-c4c([2H])c([2H])c([2H])c([2H])c4-c4c([2H])c([2H])c([2H])c([2H])c4[2H])ccc2C3c2c([2H])c([2H])c([2H])c([2H])c2-n2c3c([2H])c([2H])c(-c4c([2H])c([2H])c([2H])c([2H])c4-c4c([2H])c([2H])c([2H])c([2H])c4[2H])c([2H])c3c3c([2H])c(-c4c([2H])c([2H])c([2H])c([2H])c4-c4c([2H])c([2H])c([2H])c([2H])c4[2H])c(C)c(C)c32)c([2H])c1[2H]. The first-order valence-electron chi connectivity index (χ1n) is 81.7. The van der Waals surface area contributed by atoms with E-state index in [2.05, 4.69) is 0 Å². The first kappa shape index (κ1) is 35.4. The highest BCUT2D eigenvalue weighted by Crippen LogP contribution is 2.56. The van der Waals surface area contributed by atoms with Crippen LogP contribution >= 0.6 is 0 Å². The number of benzene rings is 22. The molecule has 0 radical (unpaired) electrons. The first-order chi connectivity index (χ1) is 102. The lowest BCUT2D eigenvalue weighted by atomic mass is 9.86. The van der Waals surface area contributed by atoms with Crippen LogP contribution in [0.2, 0.25) is 0 Å². The largest absolute Gasteiger partial charge is 0.456 e. The molecule has 25 aromatic rings. The Morgan fingerprint density at radius 3 is 1.03 bits per heavy atom. The Bertz CT molecular complexity index is 13800. The molecule has 0 saturated heterocycles. The van der Waals surface area contributed by atoms with E-state index in [-0.39, 0.29) is 27.8 Å². The summed E-state index contributed by atoms with van der Waals surface area (Å²) in [7, 11) is 0. The maximum atomic E-state index is 10.9. The Morgan fingerprint density at radius 1 is 0.193 bits per heavy atom. The number of nitrogens with zero attached hydrogens (tertiary/aromatic N) is 2. The van der Waals surface area contributed by atoms with E-state index in [9.17, 15) is 48.0 Å². The van der Waals surface area contributed by atoms with E-state index in [1.807, 2.05) is 0 Å². The third kappa shape index (κ3) is 14.5. The molecule has 0 aliphatic heterocycles. The van der Waals surface area contributed by atoms with Crippen LogP contribution in [0.1, 0.15) is 153 Å². The average Bonchev–Trinajstić information content (AvgIpc) is 1.50. The molecule has 0 fully saturated rings. The molecule has 3 heteroatoms. The number of furan rings is 1. The minimum absolute atomic E-state index is 0.176. The van der Waals surface area contributed by atoms with Gasteiger partial charge in [0, 0.05) is 43.8 Å². The number of para-hydroxylation sites is 3. The van der Waals surface area contributed by atoms with E-state index < -0.39 is 727 Å². The number of hydrogen-bond acceptors (Lipinski definition) is 1. The minimum atomic E-state index is -2.17. The van der Waals surface area contributed by atoms with Crippen molar-refractivity contribution >= 4 is 65.6 Å². The van der Waals surface area contributed by atoms with Crippen LogP contribution in [0.3, 0.4) is 0 Å². The summed E-state index contributed by atoms with van der Waals surface area (Å²) in [6.07, 6.45) is 0. The summed E-state index contributed by atoms with van der Waals surface area (Å²) in [5.74, 6) is -2.17. The van der Waals surface area contributed by atoms with Gasteiger partial charge in [-0.15, -0.1) is 0 Å². The topological polar surface area (TPSA) is 23.0 Å². The van der Waals surface area contributed by atoms with Crippen LogP contribution in [-0.2, 0) is 0 Å². The molecular weight excluding hydrogens is 1690 g/mol. The average molecular weight is 1870 g/mol. The molecule has 3 nitrogen and oxygen atoms in total. The van der Waals surface area contributed by atoms with Crippen LogP contribution in [0.4, 0.5) is 0 Å². The van der Waals surface area contributed by atoms with Crippen molar-refractivity contribution < 1.29 is 113 Å². The second-order valence-electron chi connectivity index (χ2n) is 31.2. The Kier molecular flexibility index (Phi) is 8.98. The van der Waals surface area contributed by atoms with E-state index in [0.29, 0.717) is 0 Å². The van der Waals surface area contributed by atoms with Crippen LogP contribution < -0.4 is 0 Å².